The molecule has 1 nitrogen and oxygen atoms in total. The highest BCUT2D eigenvalue weighted by atomic mass is 19.4. The number of halogens is 4. The molecule has 0 saturated carbocycles. The lowest BCUT2D eigenvalue weighted by Crippen LogP contribution is -2.11. The summed E-state index contributed by atoms with van der Waals surface area (Å²) in [5.74, 6) is -1.74. The van der Waals surface area contributed by atoms with Crippen LogP contribution in [0.1, 0.15) is 18.1 Å². The normalized spacial score (nSPS) is 11.5. The summed E-state index contributed by atoms with van der Waals surface area (Å²) in [6.45, 7) is 1.19. The first kappa shape index (κ1) is 11.7. The van der Waals surface area contributed by atoms with E-state index in [4.69, 9.17) is 0 Å². The zero-order chi connectivity index (χ0) is 11.6. The van der Waals surface area contributed by atoms with Crippen LogP contribution in [-0.2, 0) is 17.4 Å². The summed E-state index contributed by atoms with van der Waals surface area (Å²) in [6.07, 6.45) is -5.05. The lowest BCUT2D eigenvalue weighted by Gasteiger charge is -2.10. The largest absolute Gasteiger partial charge is 0.419 e. The Balaban J connectivity index is 3.17. The fraction of sp³-hybridized carbons (Fsp3) is 0.300. The fourth-order valence-corrected chi connectivity index (χ4v) is 1.20. The van der Waals surface area contributed by atoms with Gasteiger partial charge in [-0.3, -0.25) is 4.79 Å². The molecule has 0 aliphatic carbocycles. The van der Waals surface area contributed by atoms with E-state index in [1.807, 2.05) is 0 Å². The van der Waals surface area contributed by atoms with Crippen LogP contribution in [0, 0.1) is 5.82 Å². The SMILES string of the molecule is CC(=O)Cc1cccc(C(F)(F)F)c1F. The number of hydrogen-bond donors (Lipinski definition) is 0. The highest BCUT2D eigenvalue weighted by molar-refractivity contribution is 5.78. The van der Waals surface area contributed by atoms with Gasteiger partial charge in [-0.05, 0) is 18.6 Å². The molecule has 1 aromatic rings. The molecule has 0 fully saturated rings. The van der Waals surface area contributed by atoms with Gasteiger partial charge in [-0.15, -0.1) is 0 Å². The summed E-state index contributed by atoms with van der Waals surface area (Å²) in [6, 6.07) is 2.91. The minimum atomic E-state index is -4.73. The average molecular weight is 220 g/mol. The number of alkyl halides is 3. The summed E-state index contributed by atoms with van der Waals surface area (Å²) >= 11 is 0. The van der Waals surface area contributed by atoms with Crippen molar-refractivity contribution in [3.05, 3.63) is 35.1 Å². The molecule has 0 heterocycles. The molecule has 15 heavy (non-hydrogen) atoms. The summed E-state index contributed by atoms with van der Waals surface area (Å²) in [7, 11) is 0. The van der Waals surface area contributed by atoms with E-state index >= 15 is 0 Å². The highest BCUT2D eigenvalue weighted by Gasteiger charge is 2.34. The number of carbonyl (C=O) groups is 1. The third-order valence-corrected chi connectivity index (χ3v) is 1.82. The standard InChI is InChI=1S/C10H8F4O/c1-6(15)5-7-3-2-4-8(9(7)11)10(12,13)14/h2-4H,5H2,1H3. The zero-order valence-corrected chi connectivity index (χ0v) is 7.86. The molecule has 0 aliphatic rings. The van der Waals surface area contributed by atoms with Crippen molar-refractivity contribution in [2.45, 2.75) is 19.5 Å². The third-order valence-electron chi connectivity index (χ3n) is 1.82. The maximum absolute atomic E-state index is 13.3. The smallest absolute Gasteiger partial charge is 0.300 e. The molecule has 1 aromatic carbocycles. The Hall–Kier alpha value is -1.39. The Kier molecular flexibility index (Phi) is 3.12. The van der Waals surface area contributed by atoms with Crippen LogP contribution in [0.3, 0.4) is 0 Å². The van der Waals surface area contributed by atoms with Gasteiger partial charge in [0.25, 0.3) is 0 Å². The molecule has 0 N–H and O–H groups in total. The van der Waals surface area contributed by atoms with Gasteiger partial charge < -0.3 is 0 Å². The highest BCUT2D eigenvalue weighted by Crippen LogP contribution is 2.32. The quantitative estimate of drug-likeness (QED) is 0.700. The van der Waals surface area contributed by atoms with Crippen molar-refractivity contribution in [2.75, 3.05) is 0 Å². The molecule has 0 amide bonds. The van der Waals surface area contributed by atoms with Crippen molar-refractivity contribution in [2.24, 2.45) is 0 Å². The number of carbonyl (C=O) groups excluding carboxylic acids is 1. The summed E-state index contributed by atoms with van der Waals surface area (Å²) in [5.41, 5.74) is -1.56. The van der Waals surface area contributed by atoms with Gasteiger partial charge in [-0.2, -0.15) is 13.2 Å². The zero-order valence-electron chi connectivity index (χ0n) is 7.86. The van der Waals surface area contributed by atoms with Crippen molar-refractivity contribution in [3.63, 3.8) is 0 Å². The molecule has 0 spiro atoms. The van der Waals surface area contributed by atoms with Crippen molar-refractivity contribution >= 4 is 5.78 Å². The van der Waals surface area contributed by atoms with Gasteiger partial charge in [-0.1, -0.05) is 12.1 Å². The molecule has 0 saturated heterocycles. The maximum Gasteiger partial charge on any atom is 0.419 e. The molecule has 1 rings (SSSR count). The van der Waals surface area contributed by atoms with Crippen LogP contribution in [0.5, 0.6) is 0 Å². The number of benzene rings is 1. The topological polar surface area (TPSA) is 17.1 Å². The average Bonchev–Trinajstić information content (AvgIpc) is 2.05. The van der Waals surface area contributed by atoms with Gasteiger partial charge in [0.05, 0.1) is 5.56 Å². The van der Waals surface area contributed by atoms with Crippen molar-refractivity contribution in [3.8, 4) is 0 Å². The van der Waals surface area contributed by atoms with Crippen LogP contribution in [-0.4, -0.2) is 5.78 Å². The van der Waals surface area contributed by atoms with Gasteiger partial charge in [0.15, 0.2) is 0 Å². The second-order valence-corrected chi connectivity index (χ2v) is 3.16. The molecule has 82 valence electrons. The van der Waals surface area contributed by atoms with Crippen molar-refractivity contribution in [1.82, 2.24) is 0 Å². The Bertz CT molecular complexity index is 381. The second-order valence-electron chi connectivity index (χ2n) is 3.16. The lowest BCUT2D eigenvalue weighted by molar-refractivity contribution is -0.140. The van der Waals surface area contributed by atoms with Crippen LogP contribution >= 0.6 is 0 Å². The molecule has 5 heteroatoms. The fourth-order valence-electron chi connectivity index (χ4n) is 1.20. The third kappa shape index (κ3) is 2.78. The molecule has 0 aliphatic heterocycles. The van der Waals surface area contributed by atoms with E-state index in [-0.39, 0.29) is 17.8 Å². The minimum absolute atomic E-state index is 0.225. The van der Waals surface area contributed by atoms with E-state index in [9.17, 15) is 22.4 Å². The first-order valence-electron chi connectivity index (χ1n) is 4.16. The Labute approximate surface area is 83.7 Å². The van der Waals surface area contributed by atoms with Crippen LogP contribution in [0.4, 0.5) is 17.6 Å². The maximum atomic E-state index is 13.3. The first-order valence-corrected chi connectivity index (χ1v) is 4.16. The molecular formula is C10H8F4O. The van der Waals surface area contributed by atoms with E-state index in [1.54, 1.807) is 0 Å². The number of Topliss-reactive ketones (excluding diaryl/α,β-unsaturated/α-hetero) is 1. The predicted octanol–water partition coefficient (Wildman–Crippen LogP) is 2.98. The van der Waals surface area contributed by atoms with Gasteiger partial charge in [0.2, 0.25) is 0 Å². The van der Waals surface area contributed by atoms with E-state index < -0.39 is 17.6 Å². The number of hydrogen-bond acceptors (Lipinski definition) is 1. The minimum Gasteiger partial charge on any atom is -0.300 e. The monoisotopic (exact) mass is 220 g/mol. The van der Waals surface area contributed by atoms with Crippen molar-refractivity contribution < 1.29 is 22.4 Å². The molecule has 0 radical (unpaired) electrons. The summed E-state index contributed by atoms with van der Waals surface area (Å²) in [4.78, 5) is 10.7. The van der Waals surface area contributed by atoms with E-state index in [1.165, 1.54) is 13.0 Å². The van der Waals surface area contributed by atoms with Gasteiger partial charge in [0.1, 0.15) is 11.6 Å². The van der Waals surface area contributed by atoms with Gasteiger partial charge >= 0.3 is 6.18 Å². The summed E-state index contributed by atoms with van der Waals surface area (Å²) < 4.78 is 50.0. The predicted molar refractivity (Wildman–Crippen MR) is 45.8 cm³/mol. The Morgan fingerprint density at radius 1 is 1.33 bits per heavy atom. The molecule has 0 atom stereocenters. The summed E-state index contributed by atoms with van der Waals surface area (Å²) in [5, 5.41) is 0. The van der Waals surface area contributed by atoms with E-state index in [0.29, 0.717) is 6.07 Å². The van der Waals surface area contributed by atoms with E-state index in [0.717, 1.165) is 6.07 Å². The van der Waals surface area contributed by atoms with Crippen LogP contribution in [0.2, 0.25) is 0 Å². The van der Waals surface area contributed by atoms with Crippen LogP contribution in [0.25, 0.3) is 0 Å². The number of rotatable bonds is 2. The van der Waals surface area contributed by atoms with Gasteiger partial charge in [-0.25, -0.2) is 4.39 Å². The van der Waals surface area contributed by atoms with Crippen LogP contribution < -0.4 is 0 Å². The van der Waals surface area contributed by atoms with E-state index in [2.05, 4.69) is 0 Å². The molecule has 0 unspecified atom stereocenters. The Morgan fingerprint density at radius 2 is 1.93 bits per heavy atom. The molecular weight excluding hydrogens is 212 g/mol. The molecule has 0 bridgehead atoms. The van der Waals surface area contributed by atoms with Crippen LogP contribution in [0.15, 0.2) is 18.2 Å². The Morgan fingerprint density at radius 3 is 2.40 bits per heavy atom. The second kappa shape index (κ2) is 4.00. The molecule has 0 aromatic heterocycles. The van der Waals surface area contributed by atoms with Gasteiger partial charge in [0, 0.05) is 6.42 Å². The van der Waals surface area contributed by atoms with Crippen molar-refractivity contribution in [1.29, 1.82) is 0 Å². The first-order chi connectivity index (χ1) is 6.82. The lowest BCUT2D eigenvalue weighted by atomic mass is 10.0. The number of ketones is 1.